The van der Waals surface area contributed by atoms with Crippen molar-refractivity contribution in [2.75, 3.05) is 5.32 Å². The maximum atomic E-state index is 12.0. The fourth-order valence-corrected chi connectivity index (χ4v) is 2.44. The van der Waals surface area contributed by atoms with Crippen molar-refractivity contribution in [1.29, 1.82) is 0 Å². The van der Waals surface area contributed by atoms with E-state index in [1.807, 2.05) is 26.8 Å². The molecular formula is C15H21NO2. The summed E-state index contributed by atoms with van der Waals surface area (Å²) < 4.78 is 0. The van der Waals surface area contributed by atoms with E-state index in [0.29, 0.717) is 6.42 Å². The fourth-order valence-electron chi connectivity index (χ4n) is 2.44. The Morgan fingerprint density at radius 3 is 2.56 bits per heavy atom. The standard InChI is InChI=1S/C15H21NO2/c1-5-9-7-10(12(17)6-2)13-11(8-9)15(3,4)14(18)16-13/h7-8,12,17H,5-6H2,1-4H3,(H,16,18). The summed E-state index contributed by atoms with van der Waals surface area (Å²) in [5.41, 5.74) is 3.33. The highest BCUT2D eigenvalue weighted by Crippen LogP contribution is 2.42. The van der Waals surface area contributed by atoms with Crippen molar-refractivity contribution in [3.05, 3.63) is 28.8 Å². The second-order valence-corrected chi connectivity index (χ2v) is 5.46. The van der Waals surface area contributed by atoms with Crippen molar-refractivity contribution >= 4 is 11.6 Å². The highest BCUT2D eigenvalue weighted by molar-refractivity contribution is 6.06. The Morgan fingerprint density at radius 2 is 2.00 bits per heavy atom. The van der Waals surface area contributed by atoms with Gasteiger partial charge in [0.05, 0.1) is 17.2 Å². The van der Waals surface area contributed by atoms with Gasteiger partial charge in [0.15, 0.2) is 0 Å². The van der Waals surface area contributed by atoms with Crippen LogP contribution in [0.2, 0.25) is 0 Å². The molecule has 0 bridgehead atoms. The van der Waals surface area contributed by atoms with Crippen LogP contribution in [-0.2, 0) is 16.6 Å². The molecule has 0 spiro atoms. The zero-order chi connectivity index (χ0) is 13.5. The molecule has 1 heterocycles. The maximum absolute atomic E-state index is 12.0. The van der Waals surface area contributed by atoms with E-state index < -0.39 is 11.5 Å². The molecule has 1 atom stereocenters. The lowest BCUT2D eigenvalue weighted by Gasteiger charge is -2.18. The Balaban J connectivity index is 2.65. The Hall–Kier alpha value is -1.35. The van der Waals surface area contributed by atoms with Gasteiger partial charge in [0.2, 0.25) is 5.91 Å². The van der Waals surface area contributed by atoms with Gasteiger partial charge in [0, 0.05) is 5.56 Å². The number of carbonyl (C=O) groups excluding carboxylic acids is 1. The Morgan fingerprint density at radius 1 is 1.33 bits per heavy atom. The van der Waals surface area contributed by atoms with Crippen LogP contribution in [0.3, 0.4) is 0 Å². The average Bonchev–Trinajstić information content (AvgIpc) is 2.59. The number of hydrogen-bond donors (Lipinski definition) is 2. The molecule has 18 heavy (non-hydrogen) atoms. The van der Waals surface area contributed by atoms with Gasteiger partial charge in [0.1, 0.15) is 0 Å². The summed E-state index contributed by atoms with van der Waals surface area (Å²) >= 11 is 0. The van der Waals surface area contributed by atoms with Gasteiger partial charge in [-0.3, -0.25) is 4.79 Å². The van der Waals surface area contributed by atoms with Crippen molar-refractivity contribution in [3.8, 4) is 0 Å². The van der Waals surface area contributed by atoms with Crippen LogP contribution < -0.4 is 5.32 Å². The number of hydrogen-bond acceptors (Lipinski definition) is 2. The molecule has 1 aromatic carbocycles. The van der Waals surface area contributed by atoms with Gasteiger partial charge in [-0.2, -0.15) is 0 Å². The summed E-state index contributed by atoms with van der Waals surface area (Å²) in [6.45, 7) is 7.88. The molecule has 1 aromatic rings. The SMILES string of the molecule is CCc1cc(C(O)CC)c2c(c1)C(C)(C)C(=O)N2. The third kappa shape index (κ3) is 1.83. The molecule has 0 radical (unpaired) electrons. The first-order valence-electron chi connectivity index (χ1n) is 6.58. The Kier molecular flexibility index (Phi) is 3.20. The van der Waals surface area contributed by atoms with Crippen molar-refractivity contribution in [1.82, 2.24) is 0 Å². The van der Waals surface area contributed by atoms with Crippen LogP contribution in [-0.4, -0.2) is 11.0 Å². The number of aryl methyl sites for hydroxylation is 1. The van der Waals surface area contributed by atoms with Gasteiger partial charge >= 0.3 is 0 Å². The molecule has 1 aliphatic rings. The van der Waals surface area contributed by atoms with E-state index in [4.69, 9.17) is 0 Å². The van der Waals surface area contributed by atoms with Crippen LogP contribution in [0.15, 0.2) is 12.1 Å². The third-order valence-corrected chi connectivity index (χ3v) is 3.86. The van der Waals surface area contributed by atoms with Crippen LogP contribution >= 0.6 is 0 Å². The van der Waals surface area contributed by atoms with E-state index in [1.54, 1.807) is 0 Å². The lowest BCUT2D eigenvalue weighted by Crippen LogP contribution is -2.26. The number of nitrogens with one attached hydrogen (secondary N) is 1. The summed E-state index contributed by atoms with van der Waals surface area (Å²) in [4.78, 5) is 12.0. The lowest BCUT2D eigenvalue weighted by atomic mass is 9.83. The summed E-state index contributed by atoms with van der Waals surface area (Å²) in [6.07, 6.45) is 1.04. The number of carbonyl (C=O) groups is 1. The monoisotopic (exact) mass is 247 g/mol. The second kappa shape index (κ2) is 4.39. The zero-order valence-electron chi connectivity index (χ0n) is 11.5. The van der Waals surface area contributed by atoms with Gasteiger partial charge in [-0.1, -0.05) is 26.0 Å². The van der Waals surface area contributed by atoms with E-state index in [0.717, 1.165) is 23.2 Å². The third-order valence-electron chi connectivity index (χ3n) is 3.86. The van der Waals surface area contributed by atoms with Gasteiger partial charge in [-0.05, 0) is 37.8 Å². The van der Waals surface area contributed by atoms with E-state index in [1.165, 1.54) is 5.56 Å². The lowest BCUT2D eigenvalue weighted by molar-refractivity contribution is -0.119. The van der Waals surface area contributed by atoms with Gasteiger partial charge in [-0.15, -0.1) is 0 Å². The van der Waals surface area contributed by atoms with Crippen molar-refractivity contribution < 1.29 is 9.90 Å². The molecule has 3 nitrogen and oxygen atoms in total. The summed E-state index contributed by atoms with van der Waals surface area (Å²) in [5.74, 6) is 0.00954. The molecular weight excluding hydrogens is 226 g/mol. The predicted octanol–water partition coefficient (Wildman–Crippen LogP) is 2.92. The minimum absolute atomic E-state index is 0.00954. The molecule has 0 saturated heterocycles. The van der Waals surface area contributed by atoms with Crippen LogP contribution in [0.5, 0.6) is 0 Å². The van der Waals surface area contributed by atoms with Crippen LogP contribution in [0.1, 0.15) is 56.9 Å². The highest BCUT2D eigenvalue weighted by Gasteiger charge is 2.40. The molecule has 2 rings (SSSR count). The summed E-state index contributed by atoms with van der Waals surface area (Å²) in [5, 5.41) is 13.0. The number of amides is 1. The molecule has 1 unspecified atom stereocenters. The van der Waals surface area contributed by atoms with Gasteiger partial charge < -0.3 is 10.4 Å². The maximum Gasteiger partial charge on any atom is 0.234 e. The molecule has 3 heteroatoms. The van der Waals surface area contributed by atoms with E-state index in [2.05, 4.69) is 18.3 Å². The number of aliphatic hydroxyl groups excluding tert-OH is 1. The van der Waals surface area contributed by atoms with E-state index >= 15 is 0 Å². The largest absolute Gasteiger partial charge is 0.388 e. The summed E-state index contributed by atoms with van der Waals surface area (Å²) in [6, 6.07) is 4.09. The normalized spacial score (nSPS) is 18.4. The first kappa shape index (κ1) is 13.1. The Labute approximate surface area is 108 Å². The number of rotatable bonds is 3. The molecule has 1 amide bonds. The summed E-state index contributed by atoms with van der Waals surface area (Å²) in [7, 11) is 0. The fraction of sp³-hybridized carbons (Fsp3) is 0.533. The van der Waals surface area contributed by atoms with E-state index in [9.17, 15) is 9.90 Å². The number of benzene rings is 1. The molecule has 2 N–H and O–H groups in total. The number of fused-ring (bicyclic) bond motifs is 1. The van der Waals surface area contributed by atoms with Crippen LogP contribution in [0.4, 0.5) is 5.69 Å². The average molecular weight is 247 g/mol. The minimum Gasteiger partial charge on any atom is -0.388 e. The molecule has 98 valence electrons. The van der Waals surface area contributed by atoms with Crippen molar-refractivity contribution in [3.63, 3.8) is 0 Å². The zero-order valence-corrected chi connectivity index (χ0v) is 11.5. The smallest absolute Gasteiger partial charge is 0.234 e. The highest BCUT2D eigenvalue weighted by atomic mass is 16.3. The van der Waals surface area contributed by atoms with Gasteiger partial charge in [0.25, 0.3) is 0 Å². The quantitative estimate of drug-likeness (QED) is 0.862. The Bertz CT molecular complexity index is 492. The first-order chi connectivity index (χ1) is 8.41. The van der Waals surface area contributed by atoms with E-state index in [-0.39, 0.29) is 5.91 Å². The second-order valence-electron chi connectivity index (χ2n) is 5.46. The topological polar surface area (TPSA) is 49.3 Å². The molecule has 0 fully saturated rings. The van der Waals surface area contributed by atoms with Crippen LogP contribution in [0, 0.1) is 0 Å². The predicted molar refractivity (Wildman–Crippen MR) is 72.7 cm³/mol. The number of anilines is 1. The molecule has 0 aliphatic carbocycles. The first-order valence-corrected chi connectivity index (χ1v) is 6.58. The molecule has 0 aromatic heterocycles. The minimum atomic E-state index is -0.514. The van der Waals surface area contributed by atoms with Crippen molar-refractivity contribution in [2.45, 2.75) is 52.1 Å². The van der Waals surface area contributed by atoms with Gasteiger partial charge in [-0.25, -0.2) is 0 Å². The van der Waals surface area contributed by atoms with Crippen LogP contribution in [0.25, 0.3) is 0 Å². The molecule has 0 saturated carbocycles. The number of aliphatic hydroxyl groups is 1. The van der Waals surface area contributed by atoms with Crippen molar-refractivity contribution in [2.24, 2.45) is 0 Å². The molecule has 1 aliphatic heterocycles.